The molecule has 0 aliphatic heterocycles. The van der Waals surface area contributed by atoms with Crippen LogP contribution in [0.15, 0.2) is 12.2 Å². The van der Waals surface area contributed by atoms with Crippen molar-refractivity contribution in [3.05, 3.63) is 12.2 Å². The summed E-state index contributed by atoms with van der Waals surface area (Å²) < 4.78 is 5.51. The van der Waals surface area contributed by atoms with E-state index in [1.54, 1.807) is 0 Å². The number of carbonyl (C=O) groups excluding carboxylic acids is 2. The summed E-state index contributed by atoms with van der Waals surface area (Å²) in [5.41, 5.74) is 0. The summed E-state index contributed by atoms with van der Waals surface area (Å²) in [7, 11) is 0. The molecule has 1 amide bonds. The summed E-state index contributed by atoms with van der Waals surface area (Å²) in [6, 6.07) is -0.550. The van der Waals surface area contributed by atoms with Crippen molar-refractivity contribution in [2.75, 3.05) is 13.2 Å². The maximum absolute atomic E-state index is 12.6. The Labute approximate surface area is 501 Å². The van der Waals surface area contributed by atoms with Gasteiger partial charge in [0.1, 0.15) is 0 Å². The van der Waals surface area contributed by atoms with Crippen LogP contribution in [-0.4, -0.2) is 47.4 Å². The molecular formula is C74H145NO5. The van der Waals surface area contributed by atoms with Gasteiger partial charge in [-0.3, -0.25) is 9.59 Å². The van der Waals surface area contributed by atoms with Crippen molar-refractivity contribution in [3.63, 3.8) is 0 Å². The van der Waals surface area contributed by atoms with E-state index in [-0.39, 0.29) is 18.5 Å². The van der Waals surface area contributed by atoms with Gasteiger partial charge in [0.25, 0.3) is 0 Å². The quantitative estimate of drug-likeness (QED) is 0.0320. The normalized spacial score (nSPS) is 12.5. The third-order valence-corrected chi connectivity index (χ3v) is 17.6. The Kier molecular flexibility index (Phi) is 68.9. The van der Waals surface area contributed by atoms with Gasteiger partial charge in [0.15, 0.2) is 0 Å². The third kappa shape index (κ3) is 65.7. The molecule has 0 aliphatic rings. The first-order valence-corrected chi connectivity index (χ1v) is 36.9. The van der Waals surface area contributed by atoms with E-state index < -0.39 is 12.1 Å². The van der Waals surface area contributed by atoms with Crippen LogP contribution in [0.5, 0.6) is 0 Å². The van der Waals surface area contributed by atoms with Crippen LogP contribution in [-0.2, 0) is 14.3 Å². The van der Waals surface area contributed by atoms with Crippen LogP contribution < -0.4 is 5.32 Å². The van der Waals surface area contributed by atoms with Crippen LogP contribution in [0.25, 0.3) is 0 Å². The molecule has 6 nitrogen and oxygen atoms in total. The Bertz CT molecular complexity index is 1210. The van der Waals surface area contributed by atoms with Crippen LogP contribution in [0.3, 0.4) is 0 Å². The number of unbranched alkanes of at least 4 members (excludes halogenated alkanes) is 57. The Morgan fingerprint density at radius 1 is 0.338 bits per heavy atom. The minimum atomic E-state index is -0.672. The lowest BCUT2D eigenvalue weighted by Gasteiger charge is -2.22. The summed E-state index contributed by atoms with van der Waals surface area (Å²) in [4.78, 5) is 24.7. The summed E-state index contributed by atoms with van der Waals surface area (Å²) in [5, 5.41) is 23.5. The van der Waals surface area contributed by atoms with Gasteiger partial charge in [-0.2, -0.15) is 0 Å². The lowest BCUT2D eigenvalue weighted by Crippen LogP contribution is -2.45. The zero-order valence-electron chi connectivity index (χ0n) is 54.6. The van der Waals surface area contributed by atoms with Crippen LogP contribution in [0.2, 0.25) is 0 Å². The highest BCUT2D eigenvalue weighted by Crippen LogP contribution is 2.20. The summed E-state index contributed by atoms with van der Waals surface area (Å²) in [5.74, 6) is -0.0286. The smallest absolute Gasteiger partial charge is 0.305 e. The number of hydrogen-bond acceptors (Lipinski definition) is 5. The van der Waals surface area contributed by atoms with Gasteiger partial charge in [-0.05, 0) is 51.4 Å². The monoisotopic (exact) mass is 1130 g/mol. The third-order valence-electron chi connectivity index (χ3n) is 17.6. The number of ether oxygens (including phenoxy) is 1. The van der Waals surface area contributed by atoms with Crippen molar-refractivity contribution in [2.24, 2.45) is 0 Å². The van der Waals surface area contributed by atoms with Crippen LogP contribution in [0.1, 0.15) is 425 Å². The Morgan fingerprint density at radius 3 is 0.887 bits per heavy atom. The molecule has 0 aromatic carbocycles. The van der Waals surface area contributed by atoms with Crippen LogP contribution in [0, 0.1) is 0 Å². The standard InChI is InChI=1S/C74H145NO5/c1-3-5-7-9-11-13-15-17-19-21-23-24-25-26-27-28-31-34-38-42-46-50-54-58-62-66-72(77)71(70-76)75-73(78)67-63-59-55-51-47-43-39-35-32-29-33-37-41-45-49-53-57-61-65-69-80-74(79)68-64-60-56-52-48-44-40-36-30-22-20-18-16-14-12-10-8-6-4-2/h29,32,71-72,76-77H,3-28,30-31,33-70H2,1-2H3,(H,75,78)/b32-29-. The highest BCUT2D eigenvalue weighted by molar-refractivity contribution is 5.76. The van der Waals surface area contributed by atoms with Gasteiger partial charge in [-0.25, -0.2) is 0 Å². The molecule has 0 saturated carbocycles. The van der Waals surface area contributed by atoms with Crippen molar-refractivity contribution in [2.45, 2.75) is 437 Å². The summed E-state index contributed by atoms with van der Waals surface area (Å²) in [6.45, 7) is 4.99. The number of esters is 1. The molecule has 0 aromatic rings. The lowest BCUT2D eigenvalue weighted by molar-refractivity contribution is -0.143. The zero-order valence-corrected chi connectivity index (χ0v) is 54.6. The highest BCUT2D eigenvalue weighted by Gasteiger charge is 2.20. The Hall–Kier alpha value is -1.40. The van der Waals surface area contributed by atoms with E-state index in [2.05, 4.69) is 31.3 Å². The van der Waals surface area contributed by atoms with Gasteiger partial charge in [-0.1, -0.05) is 373 Å². The summed E-state index contributed by atoms with van der Waals surface area (Å²) in [6.07, 6.45) is 86.9. The number of carbonyl (C=O) groups is 2. The molecule has 0 saturated heterocycles. The average Bonchev–Trinajstić information content (AvgIpc) is 3.46. The predicted octanol–water partition coefficient (Wildman–Crippen LogP) is 23.9. The van der Waals surface area contributed by atoms with Crippen molar-refractivity contribution in [3.8, 4) is 0 Å². The molecule has 0 fully saturated rings. The maximum Gasteiger partial charge on any atom is 0.305 e. The molecular weight excluding hydrogens is 983 g/mol. The van der Waals surface area contributed by atoms with Gasteiger partial charge in [-0.15, -0.1) is 0 Å². The molecule has 0 aromatic heterocycles. The van der Waals surface area contributed by atoms with Gasteiger partial charge in [0.05, 0.1) is 25.4 Å². The first kappa shape index (κ1) is 78.6. The number of rotatable bonds is 70. The molecule has 2 unspecified atom stereocenters. The molecule has 0 radical (unpaired) electrons. The molecule has 0 rings (SSSR count). The molecule has 6 heteroatoms. The molecule has 0 aliphatic carbocycles. The molecule has 2 atom stereocenters. The van der Waals surface area contributed by atoms with Gasteiger partial charge in [0.2, 0.25) is 5.91 Å². The molecule has 476 valence electrons. The van der Waals surface area contributed by atoms with E-state index in [1.807, 2.05) is 0 Å². The average molecular weight is 1130 g/mol. The summed E-state index contributed by atoms with van der Waals surface area (Å²) >= 11 is 0. The van der Waals surface area contributed by atoms with E-state index in [4.69, 9.17) is 4.74 Å². The van der Waals surface area contributed by atoms with Gasteiger partial charge < -0.3 is 20.3 Å². The topological polar surface area (TPSA) is 95.9 Å². The van der Waals surface area contributed by atoms with E-state index in [1.165, 1.54) is 353 Å². The number of aliphatic hydroxyl groups is 2. The zero-order chi connectivity index (χ0) is 57.8. The van der Waals surface area contributed by atoms with Crippen LogP contribution in [0.4, 0.5) is 0 Å². The molecule has 80 heavy (non-hydrogen) atoms. The largest absolute Gasteiger partial charge is 0.466 e. The van der Waals surface area contributed by atoms with E-state index in [0.29, 0.717) is 25.9 Å². The fourth-order valence-corrected chi connectivity index (χ4v) is 11.9. The van der Waals surface area contributed by atoms with Gasteiger partial charge in [0, 0.05) is 12.8 Å². The van der Waals surface area contributed by atoms with E-state index >= 15 is 0 Å². The molecule has 0 spiro atoms. The highest BCUT2D eigenvalue weighted by atomic mass is 16.5. The fraction of sp³-hybridized carbons (Fsp3) is 0.946. The first-order valence-electron chi connectivity index (χ1n) is 36.9. The number of aliphatic hydroxyl groups excluding tert-OH is 2. The van der Waals surface area contributed by atoms with Crippen molar-refractivity contribution < 1.29 is 24.5 Å². The second-order valence-corrected chi connectivity index (χ2v) is 25.6. The van der Waals surface area contributed by atoms with Crippen molar-refractivity contribution >= 4 is 11.9 Å². The van der Waals surface area contributed by atoms with Crippen molar-refractivity contribution in [1.29, 1.82) is 0 Å². The second-order valence-electron chi connectivity index (χ2n) is 25.6. The van der Waals surface area contributed by atoms with Crippen molar-refractivity contribution in [1.82, 2.24) is 5.32 Å². The first-order chi connectivity index (χ1) is 39.5. The molecule has 3 N–H and O–H groups in total. The number of hydrogen-bond donors (Lipinski definition) is 3. The van der Waals surface area contributed by atoms with E-state index in [0.717, 1.165) is 38.5 Å². The molecule has 0 bridgehead atoms. The predicted molar refractivity (Wildman–Crippen MR) is 352 cm³/mol. The number of nitrogens with one attached hydrogen (secondary N) is 1. The Morgan fingerprint density at radius 2 is 0.588 bits per heavy atom. The second kappa shape index (κ2) is 70.1. The molecule has 0 heterocycles. The number of amides is 1. The van der Waals surface area contributed by atoms with Crippen LogP contribution >= 0.6 is 0 Å². The van der Waals surface area contributed by atoms with Gasteiger partial charge >= 0.3 is 5.97 Å². The minimum Gasteiger partial charge on any atom is -0.466 e. The Balaban J connectivity index is 3.40. The minimum absolute atomic E-state index is 0.0104. The SMILES string of the molecule is CCCCCCCCCCCCCCCCCCCCCCCCCCCC(O)C(CO)NC(=O)CCCCCCCCC/C=C\CCCCCCCCCCOC(=O)CCCCCCCCCCCCCCCCCCCCC. The maximum atomic E-state index is 12.6. The lowest BCUT2D eigenvalue weighted by atomic mass is 10.0. The fourth-order valence-electron chi connectivity index (χ4n) is 11.9. The van der Waals surface area contributed by atoms with E-state index in [9.17, 15) is 19.8 Å². The number of allylic oxidation sites excluding steroid dienone is 2.